The Kier molecular flexibility index (Phi) is 8.71. The van der Waals surface area contributed by atoms with Gasteiger partial charge in [-0.25, -0.2) is 0 Å². The van der Waals surface area contributed by atoms with Gasteiger partial charge in [-0.2, -0.15) is 0 Å². The van der Waals surface area contributed by atoms with Crippen molar-refractivity contribution in [2.24, 2.45) is 0 Å². The molecule has 2 aromatic rings. The number of furan rings is 1. The third kappa shape index (κ3) is 7.30. The van der Waals surface area contributed by atoms with E-state index in [0.717, 1.165) is 0 Å². The van der Waals surface area contributed by atoms with Gasteiger partial charge >= 0.3 is 0 Å². The maximum absolute atomic E-state index is 12.5. The monoisotopic (exact) mass is 403 g/mol. The lowest BCUT2D eigenvalue weighted by atomic mass is 10.3. The van der Waals surface area contributed by atoms with Gasteiger partial charge in [0.15, 0.2) is 5.76 Å². The van der Waals surface area contributed by atoms with E-state index < -0.39 is 11.8 Å². The largest absolute Gasteiger partial charge is 0.497 e. The van der Waals surface area contributed by atoms with Crippen LogP contribution in [0.15, 0.2) is 47.1 Å². The quantitative estimate of drug-likeness (QED) is 0.551. The number of anilines is 1. The van der Waals surface area contributed by atoms with Gasteiger partial charge in [0.25, 0.3) is 5.91 Å². The molecule has 0 atom stereocenters. The van der Waals surface area contributed by atoms with Crippen LogP contribution in [0.5, 0.6) is 5.75 Å². The first-order valence-electron chi connectivity index (χ1n) is 9.05. The van der Waals surface area contributed by atoms with E-state index in [9.17, 15) is 14.4 Å². The van der Waals surface area contributed by atoms with Crippen molar-refractivity contribution in [1.29, 1.82) is 0 Å². The zero-order valence-corrected chi connectivity index (χ0v) is 16.5. The summed E-state index contributed by atoms with van der Waals surface area (Å²) < 4.78 is 15.2. The summed E-state index contributed by atoms with van der Waals surface area (Å²) in [7, 11) is 3.12. The highest BCUT2D eigenvalue weighted by molar-refractivity contribution is 5.96. The highest BCUT2D eigenvalue weighted by atomic mass is 16.5. The Balaban J connectivity index is 1.84. The van der Waals surface area contributed by atoms with Gasteiger partial charge in [-0.1, -0.05) is 0 Å². The molecule has 0 aliphatic heterocycles. The molecule has 1 aromatic heterocycles. The molecule has 0 spiro atoms. The summed E-state index contributed by atoms with van der Waals surface area (Å²) in [4.78, 5) is 38.1. The van der Waals surface area contributed by atoms with E-state index >= 15 is 0 Å². The number of carbonyl (C=O) groups excluding carboxylic acids is 3. The molecule has 1 aromatic carbocycles. The Bertz CT molecular complexity index is 789. The highest BCUT2D eigenvalue weighted by Gasteiger charge is 2.21. The van der Waals surface area contributed by atoms with Crippen LogP contribution in [0.4, 0.5) is 5.69 Å². The summed E-state index contributed by atoms with van der Waals surface area (Å²) >= 11 is 0. The molecule has 1 heterocycles. The molecule has 2 rings (SSSR count). The molecule has 0 radical (unpaired) electrons. The second kappa shape index (κ2) is 11.5. The number of nitrogens with one attached hydrogen (secondary N) is 2. The van der Waals surface area contributed by atoms with E-state index in [1.807, 2.05) is 0 Å². The highest BCUT2D eigenvalue weighted by Crippen LogP contribution is 2.14. The lowest BCUT2D eigenvalue weighted by Gasteiger charge is -2.21. The predicted octanol–water partition coefficient (Wildman–Crippen LogP) is 1.52. The number of nitrogens with zero attached hydrogens (tertiary/aromatic N) is 1. The fourth-order valence-electron chi connectivity index (χ4n) is 2.50. The molecule has 2 N–H and O–H groups in total. The second-order valence-corrected chi connectivity index (χ2v) is 6.10. The number of benzene rings is 1. The molecule has 0 bridgehead atoms. The van der Waals surface area contributed by atoms with E-state index in [1.54, 1.807) is 44.6 Å². The maximum Gasteiger partial charge on any atom is 0.290 e. The van der Waals surface area contributed by atoms with Gasteiger partial charge in [0.2, 0.25) is 11.8 Å². The first-order valence-corrected chi connectivity index (χ1v) is 9.05. The number of amides is 3. The Morgan fingerprint density at radius 2 is 1.83 bits per heavy atom. The minimum atomic E-state index is -0.452. The van der Waals surface area contributed by atoms with E-state index in [0.29, 0.717) is 31.0 Å². The molecule has 0 unspecified atom stereocenters. The smallest absolute Gasteiger partial charge is 0.290 e. The summed E-state index contributed by atoms with van der Waals surface area (Å²) in [5.41, 5.74) is 0.583. The topological polar surface area (TPSA) is 110 Å². The molecule has 0 aliphatic carbocycles. The van der Waals surface area contributed by atoms with Crippen LogP contribution in [0.1, 0.15) is 17.0 Å². The van der Waals surface area contributed by atoms with Crippen LogP contribution in [0.25, 0.3) is 0 Å². The van der Waals surface area contributed by atoms with Gasteiger partial charge in [0.05, 0.1) is 26.5 Å². The van der Waals surface area contributed by atoms with Crippen LogP contribution >= 0.6 is 0 Å². The minimum Gasteiger partial charge on any atom is -0.497 e. The first kappa shape index (κ1) is 22.0. The van der Waals surface area contributed by atoms with Gasteiger partial charge in [-0.3, -0.25) is 14.4 Å². The molecule has 0 aliphatic rings. The molecule has 0 fully saturated rings. The molecule has 0 saturated carbocycles. The molecule has 0 saturated heterocycles. The number of carbonyl (C=O) groups is 3. The lowest BCUT2D eigenvalue weighted by molar-refractivity contribution is -0.124. The van der Waals surface area contributed by atoms with Crippen LogP contribution in [0, 0.1) is 0 Å². The number of rotatable bonds is 11. The molecule has 156 valence electrons. The minimum absolute atomic E-state index is 0.146. The van der Waals surface area contributed by atoms with Crippen LogP contribution in [-0.2, 0) is 14.3 Å². The Labute approximate surface area is 169 Å². The third-order valence-corrected chi connectivity index (χ3v) is 3.95. The van der Waals surface area contributed by atoms with E-state index in [2.05, 4.69) is 10.6 Å². The first-order chi connectivity index (χ1) is 14.0. The second-order valence-electron chi connectivity index (χ2n) is 6.10. The summed E-state index contributed by atoms with van der Waals surface area (Å²) in [5.74, 6) is -0.415. The molecule has 9 heteroatoms. The van der Waals surface area contributed by atoms with Crippen molar-refractivity contribution in [1.82, 2.24) is 10.2 Å². The fourth-order valence-corrected chi connectivity index (χ4v) is 2.50. The van der Waals surface area contributed by atoms with Crippen LogP contribution in [-0.4, -0.2) is 63.1 Å². The summed E-state index contributed by atoms with van der Waals surface area (Å²) in [6, 6.07) is 9.95. The van der Waals surface area contributed by atoms with Crippen molar-refractivity contribution in [2.75, 3.05) is 45.8 Å². The summed E-state index contributed by atoms with van der Waals surface area (Å²) in [5, 5.41) is 5.18. The van der Waals surface area contributed by atoms with Crippen molar-refractivity contribution >= 4 is 23.4 Å². The summed E-state index contributed by atoms with van der Waals surface area (Å²) in [6.45, 7) is 0.359. The van der Waals surface area contributed by atoms with Crippen molar-refractivity contribution < 1.29 is 28.3 Å². The van der Waals surface area contributed by atoms with Crippen molar-refractivity contribution in [3.05, 3.63) is 48.4 Å². The SMILES string of the molecule is COCCCN(CC(=O)NCC(=O)Nc1ccc(OC)cc1)C(=O)c1ccco1. The van der Waals surface area contributed by atoms with Crippen LogP contribution in [0.3, 0.4) is 0 Å². The van der Waals surface area contributed by atoms with E-state index in [1.165, 1.54) is 17.2 Å². The van der Waals surface area contributed by atoms with Crippen molar-refractivity contribution in [2.45, 2.75) is 6.42 Å². The Morgan fingerprint density at radius 3 is 2.45 bits per heavy atom. The molecule has 3 amide bonds. The standard InChI is InChI=1S/C20H25N3O6/c1-27-11-4-10-23(20(26)17-5-3-12-29-17)14-19(25)21-13-18(24)22-15-6-8-16(28-2)9-7-15/h3,5-9,12H,4,10-11,13-14H2,1-2H3,(H,21,25)(H,22,24). The molecular formula is C20H25N3O6. The number of ether oxygens (including phenoxy) is 2. The van der Waals surface area contributed by atoms with Gasteiger partial charge < -0.3 is 29.4 Å². The molecule has 29 heavy (non-hydrogen) atoms. The van der Waals surface area contributed by atoms with Crippen LogP contribution < -0.4 is 15.4 Å². The van der Waals surface area contributed by atoms with Gasteiger partial charge in [-0.05, 0) is 42.8 Å². The predicted molar refractivity (Wildman–Crippen MR) is 106 cm³/mol. The van der Waals surface area contributed by atoms with Gasteiger partial charge in [0.1, 0.15) is 5.75 Å². The average molecular weight is 403 g/mol. The van der Waals surface area contributed by atoms with Crippen LogP contribution in [0.2, 0.25) is 0 Å². The zero-order chi connectivity index (χ0) is 21.1. The van der Waals surface area contributed by atoms with Gasteiger partial charge in [0, 0.05) is 25.9 Å². The molecular weight excluding hydrogens is 378 g/mol. The number of methoxy groups -OCH3 is 2. The molecule has 9 nitrogen and oxygen atoms in total. The zero-order valence-electron chi connectivity index (χ0n) is 16.5. The summed E-state index contributed by atoms with van der Waals surface area (Å²) in [6.07, 6.45) is 1.96. The Morgan fingerprint density at radius 1 is 1.07 bits per heavy atom. The van der Waals surface area contributed by atoms with Crippen molar-refractivity contribution in [3.8, 4) is 5.75 Å². The van der Waals surface area contributed by atoms with Gasteiger partial charge in [-0.15, -0.1) is 0 Å². The number of hydrogen-bond acceptors (Lipinski definition) is 6. The Hall–Kier alpha value is -3.33. The van der Waals surface area contributed by atoms with Crippen molar-refractivity contribution in [3.63, 3.8) is 0 Å². The normalized spacial score (nSPS) is 10.3. The fraction of sp³-hybridized carbons (Fsp3) is 0.350. The average Bonchev–Trinajstić information content (AvgIpc) is 3.26. The van der Waals surface area contributed by atoms with E-state index in [4.69, 9.17) is 13.9 Å². The maximum atomic E-state index is 12.5. The third-order valence-electron chi connectivity index (χ3n) is 3.95. The van der Waals surface area contributed by atoms with E-state index in [-0.39, 0.29) is 24.8 Å². The number of hydrogen-bond donors (Lipinski definition) is 2. The lowest BCUT2D eigenvalue weighted by Crippen LogP contribution is -2.43.